The molecule has 1 heterocycles. The number of nitriles is 1. The standard InChI is InChI=1S/C20H14F3N3O/c21-20(22,23)16-7-5-13(6-8-16)14(10-24)9-15-11-26(12-19(25)27)18-4-2-1-3-17(15)18/h1-9,11H,12H2,(H2,25,27). The lowest BCUT2D eigenvalue weighted by Crippen LogP contribution is -2.17. The molecule has 7 heteroatoms. The summed E-state index contributed by atoms with van der Waals surface area (Å²) in [5.41, 5.74) is 6.52. The third kappa shape index (κ3) is 3.85. The first-order valence-electron chi connectivity index (χ1n) is 7.95. The van der Waals surface area contributed by atoms with Crippen LogP contribution in [-0.4, -0.2) is 10.5 Å². The quantitative estimate of drug-likeness (QED) is 0.700. The molecule has 0 aliphatic heterocycles. The molecule has 3 aromatic rings. The summed E-state index contributed by atoms with van der Waals surface area (Å²) in [6, 6.07) is 13.7. The molecule has 27 heavy (non-hydrogen) atoms. The zero-order valence-corrected chi connectivity index (χ0v) is 14.0. The summed E-state index contributed by atoms with van der Waals surface area (Å²) < 4.78 is 39.8. The van der Waals surface area contributed by atoms with Crippen molar-refractivity contribution < 1.29 is 18.0 Å². The van der Waals surface area contributed by atoms with E-state index in [9.17, 15) is 23.2 Å². The fourth-order valence-corrected chi connectivity index (χ4v) is 2.86. The predicted octanol–water partition coefficient (Wildman–Crippen LogP) is 4.21. The first-order valence-corrected chi connectivity index (χ1v) is 7.95. The smallest absolute Gasteiger partial charge is 0.368 e. The Kier molecular flexibility index (Phi) is 4.74. The first-order chi connectivity index (χ1) is 12.8. The lowest BCUT2D eigenvalue weighted by molar-refractivity contribution is -0.137. The van der Waals surface area contributed by atoms with Crippen LogP contribution < -0.4 is 5.73 Å². The van der Waals surface area contributed by atoms with Gasteiger partial charge >= 0.3 is 6.18 Å². The highest BCUT2D eigenvalue weighted by Gasteiger charge is 2.30. The van der Waals surface area contributed by atoms with E-state index in [2.05, 4.69) is 0 Å². The maximum Gasteiger partial charge on any atom is 0.416 e. The highest BCUT2D eigenvalue weighted by molar-refractivity contribution is 5.98. The topological polar surface area (TPSA) is 71.8 Å². The molecule has 0 saturated heterocycles. The van der Waals surface area contributed by atoms with E-state index in [1.807, 2.05) is 30.3 Å². The van der Waals surface area contributed by atoms with Crippen molar-refractivity contribution in [1.29, 1.82) is 5.26 Å². The van der Waals surface area contributed by atoms with Gasteiger partial charge in [-0.25, -0.2) is 0 Å². The fraction of sp³-hybridized carbons (Fsp3) is 0.100. The van der Waals surface area contributed by atoms with E-state index in [0.29, 0.717) is 11.1 Å². The van der Waals surface area contributed by atoms with E-state index < -0.39 is 17.6 Å². The minimum Gasteiger partial charge on any atom is -0.368 e. The number of allylic oxidation sites excluding steroid dienone is 1. The number of primary amides is 1. The van der Waals surface area contributed by atoms with Crippen LogP contribution in [0.1, 0.15) is 16.7 Å². The average molecular weight is 369 g/mol. The van der Waals surface area contributed by atoms with Crippen molar-refractivity contribution in [3.63, 3.8) is 0 Å². The Balaban J connectivity index is 2.06. The molecule has 0 fully saturated rings. The van der Waals surface area contributed by atoms with Crippen molar-refractivity contribution in [3.05, 3.63) is 71.4 Å². The third-order valence-corrected chi connectivity index (χ3v) is 4.09. The van der Waals surface area contributed by atoms with Gasteiger partial charge in [0, 0.05) is 22.7 Å². The minimum absolute atomic E-state index is 0.0173. The summed E-state index contributed by atoms with van der Waals surface area (Å²) in [6.45, 7) is -0.0173. The van der Waals surface area contributed by atoms with Gasteiger partial charge in [-0.1, -0.05) is 30.3 Å². The number of carbonyl (C=O) groups is 1. The fourth-order valence-electron chi connectivity index (χ4n) is 2.86. The number of nitrogens with two attached hydrogens (primary N) is 1. The van der Waals surface area contributed by atoms with Gasteiger partial charge < -0.3 is 10.3 Å². The Morgan fingerprint density at radius 2 is 1.81 bits per heavy atom. The van der Waals surface area contributed by atoms with Crippen LogP contribution in [0, 0.1) is 11.3 Å². The van der Waals surface area contributed by atoms with E-state index >= 15 is 0 Å². The monoisotopic (exact) mass is 369 g/mol. The number of alkyl halides is 3. The third-order valence-electron chi connectivity index (χ3n) is 4.09. The van der Waals surface area contributed by atoms with Gasteiger partial charge in [0.15, 0.2) is 0 Å². The number of para-hydroxylation sites is 1. The molecule has 0 spiro atoms. The number of hydrogen-bond acceptors (Lipinski definition) is 2. The second-order valence-corrected chi connectivity index (χ2v) is 5.94. The van der Waals surface area contributed by atoms with Gasteiger partial charge in [0.05, 0.1) is 17.2 Å². The number of amides is 1. The Morgan fingerprint density at radius 1 is 1.15 bits per heavy atom. The van der Waals surface area contributed by atoms with Crippen LogP contribution in [0.5, 0.6) is 0 Å². The van der Waals surface area contributed by atoms with E-state index in [4.69, 9.17) is 5.73 Å². The molecule has 0 saturated carbocycles. The van der Waals surface area contributed by atoms with Crippen LogP contribution in [0.15, 0.2) is 54.7 Å². The van der Waals surface area contributed by atoms with Gasteiger partial charge in [-0.3, -0.25) is 4.79 Å². The molecular formula is C20H14F3N3O. The molecule has 136 valence electrons. The lowest BCUT2D eigenvalue weighted by atomic mass is 10.0. The van der Waals surface area contributed by atoms with Crippen molar-refractivity contribution in [1.82, 2.24) is 4.57 Å². The SMILES string of the molecule is N#CC(=Cc1cn(CC(N)=O)c2ccccc12)c1ccc(C(F)(F)F)cc1. The number of fused-ring (bicyclic) bond motifs is 1. The van der Waals surface area contributed by atoms with Gasteiger partial charge in [0.2, 0.25) is 5.91 Å². The summed E-state index contributed by atoms with van der Waals surface area (Å²) in [5.74, 6) is -0.505. The second kappa shape index (κ2) is 7.00. The first kappa shape index (κ1) is 18.3. The summed E-state index contributed by atoms with van der Waals surface area (Å²) in [6.07, 6.45) is -1.16. The molecular weight excluding hydrogens is 355 g/mol. The normalized spacial score (nSPS) is 12.1. The number of carbonyl (C=O) groups excluding carboxylic acids is 1. The number of hydrogen-bond donors (Lipinski definition) is 1. The molecule has 2 aromatic carbocycles. The van der Waals surface area contributed by atoms with Crippen molar-refractivity contribution in [3.8, 4) is 6.07 Å². The summed E-state index contributed by atoms with van der Waals surface area (Å²) >= 11 is 0. The van der Waals surface area contributed by atoms with Gasteiger partial charge in [-0.2, -0.15) is 18.4 Å². The summed E-state index contributed by atoms with van der Waals surface area (Å²) in [7, 11) is 0. The molecule has 1 amide bonds. The second-order valence-electron chi connectivity index (χ2n) is 5.94. The van der Waals surface area contributed by atoms with E-state index in [-0.39, 0.29) is 12.1 Å². The van der Waals surface area contributed by atoms with Gasteiger partial charge in [0.25, 0.3) is 0 Å². The highest BCUT2D eigenvalue weighted by Crippen LogP contribution is 2.31. The molecule has 2 N–H and O–H groups in total. The van der Waals surface area contributed by atoms with Crippen molar-refractivity contribution in [2.45, 2.75) is 12.7 Å². The lowest BCUT2D eigenvalue weighted by Gasteiger charge is -2.07. The van der Waals surface area contributed by atoms with Gasteiger partial charge in [0.1, 0.15) is 6.54 Å². The summed E-state index contributed by atoms with van der Waals surface area (Å²) in [4.78, 5) is 11.3. The molecule has 3 rings (SSSR count). The van der Waals surface area contributed by atoms with E-state index in [1.54, 1.807) is 16.8 Å². The minimum atomic E-state index is -4.43. The van der Waals surface area contributed by atoms with Crippen LogP contribution in [0.4, 0.5) is 13.2 Å². The van der Waals surface area contributed by atoms with E-state index in [1.165, 1.54) is 12.1 Å². The molecule has 4 nitrogen and oxygen atoms in total. The Bertz CT molecular complexity index is 1070. The maximum absolute atomic E-state index is 12.7. The van der Waals surface area contributed by atoms with Gasteiger partial charge in [-0.15, -0.1) is 0 Å². The summed E-state index contributed by atoms with van der Waals surface area (Å²) in [5, 5.41) is 10.3. The molecule has 0 aliphatic rings. The average Bonchev–Trinajstić information content (AvgIpc) is 2.96. The van der Waals surface area contributed by atoms with Crippen LogP contribution in [-0.2, 0) is 17.5 Å². The van der Waals surface area contributed by atoms with Crippen LogP contribution >= 0.6 is 0 Å². The molecule has 0 bridgehead atoms. The maximum atomic E-state index is 12.7. The zero-order valence-electron chi connectivity index (χ0n) is 14.0. The Hall–Kier alpha value is -3.53. The van der Waals surface area contributed by atoms with Gasteiger partial charge in [-0.05, 0) is 29.8 Å². The molecule has 0 radical (unpaired) electrons. The predicted molar refractivity (Wildman–Crippen MR) is 96.1 cm³/mol. The van der Waals surface area contributed by atoms with Crippen molar-refractivity contribution >= 4 is 28.5 Å². The van der Waals surface area contributed by atoms with E-state index in [0.717, 1.165) is 23.0 Å². The number of nitrogens with zero attached hydrogens (tertiary/aromatic N) is 2. The van der Waals surface area contributed by atoms with Crippen molar-refractivity contribution in [2.75, 3.05) is 0 Å². The number of aromatic nitrogens is 1. The van der Waals surface area contributed by atoms with Crippen LogP contribution in [0.3, 0.4) is 0 Å². The largest absolute Gasteiger partial charge is 0.416 e. The Morgan fingerprint density at radius 3 is 2.41 bits per heavy atom. The molecule has 1 aromatic heterocycles. The highest BCUT2D eigenvalue weighted by atomic mass is 19.4. The number of rotatable bonds is 4. The molecule has 0 unspecified atom stereocenters. The van der Waals surface area contributed by atoms with Crippen LogP contribution in [0.25, 0.3) is 22.6 Å². The zero-order chi connectivity index (χ0) is 19.6. The van der Waals surface area contributed by atoms with Crippen molar-refractivity contribution in [2.24, 2.45) is 5.73 Å². The Labute approximate surface area is 152 Å². The number of halogens is 3. The molecule has 0 atom stereocenters. The number of benzene rings is 2. The molecule has 0 aliphatic carbocycles. The van der Waals surface area contributed by atoms with Crippen LogP contribution in [0.2, 0.25) is 0 Å².